The summed E-state index contributed by atoms with van der Waals surface area (Å²) in [6.07, 6.45) is 2.23. The predicted molar refractivity (Wildman–Crippen MR) is 118 cm³/mol. The number of carbonyl (C=O) groups excluding carboxylic acids is 5. The number of ether oxygens (including phenoxy) is 1. The molecule has 0 aromatic rings. The van der Waals surface area contributed by atoms with E-state index in [0.717, 1.165) is 0 Å². The Labute approximate surface area is 193 Å². The molecule has 0 radical (unpaired) electrons. The van der Waals surface area contributed by atoms with Crippen molar-refractivity contribution in [3.05, 3.63) is 0 Å². The van der Waals surface area contributed by atoms with E-state index in [0.29, 0.717) is 25.7 Å². The minimum Gasteiger partial charge on any atom is -0.480 e. The van der Waals surface area contributed by atoms with Crippen molar-refractivity contribution in [2.45, 2.75) is 77.5 Å². The summed E-state index contributed by atoms with van der Waals surface area (Å²) < 4.78 is 4.25. The van der Waals surface area contributed by atoms with Crippen LogP contribution in [0.25, 0.3) is 0 Å². The zero-order valence-corrected chi connectivity index (χ0v) is 19.8. The fraction of sp³-hybridized carbons (Fsp3) is 0.714. The average Bonchev–Trinajstić information content (AvgIpc) is 3.24. The van der Waals surface area contributed by atoms with Gasteiger partial charge in [0.15, 0.2) is 0 Å². The number of aliphatic carboxylic acids is 1. The third kappa shape index (κ3) is 10.4. The molecule has 0 aliphatic carbocycles. The Morgan fingerprint density at radius 2 is 1.76 bits per heavy atom. The van der Waals surface area contributed by atoms with Gasteiger partial charge in [-0.05, 0) is 32.6 Å². The number of nitrogens with two attached hydrogens (primary N) is 1. The minimum atomic E-state index is -1.11. The topological polar surface area (TPSA) is 185 Å². The number of carboxylic acid groups (broad SMARTS) is 1. The lowest BCUT2D eigenvalue weighted by atomic mass is 10.0. The molecule has 0 aromatic heterocycles. The molecule has 12 heteroatoms. The van der Waals surface area contributed by atoms with Crippen LogP contribution in [0.5, 0.6) is 0 Å². The Balaban J connectivity index is 0.00000109. The summed E-state index contributed by atoms with van der Waals surface area (Å²) in [5.74, 6) is -3.06. The Bertz CT molecular complexity index is 710. The van der Waals surface area contributed by atoms with Gasteiger partial charge < -0.3 is 35.9 Å². The fourth-order valence-electron chi connectivity index (χ4n) is 3.00. The summed E-state index contributed by atoms with van der Waals surface area (Å²) in [6, 6.07) is -3.30. The summed E-state index contributed by atoms with van der Waals surface area (Å²) in [5, 5.41) is 14.2. The number of amides is 3. The van der Waals surface area contributed by atoms with Crippen LogP contribution >= 0.6 is 0 Å². The smallest absolute Gasteiger partial charge is 0.326 e. The number of esters is 1. The number of hydrogen-bond acceptors (Lipinski definition) is 8. The van der Waals surface area contributed by atoms with Crippen molar-refractivity contribution in [1.82, 2.24) is 15.5 Å². The summed E-state index contributed by atoms with van der Waals surface area (Å²) in [5.41, 5.74) is 5.47. The lowest BCUT2D eigenvalue weighted by Crippen LogP contribution is -2.56. The quantitative estimate of drug-likeness (QED) is 0.233. The highest BCUT2D eigenvalue weighted by Crippen LogP contribution is 2.19. The number of aldehydes is 1. The van der Waals surface area contributed by atoms with Gasteiger partial charge in [0.2, 0.25) is 17.7 Å². The molecule has 12 nitrogen and oxygen atoms in total. The van der Waals surface area contributed by atoms with Crippen LogP contribution in [0.3, 0.4) is 0 Å². The van der Waals surface area contributed by atoms with Gasteiger partial charge in [-0.1, -0.05) is 13.8 Å². The normalized spacial score (nSPS) is 17.7. The first-order valence-corrected chi connectivity index (χ1v) is 10.8. The average molecular weight is 473 g/mol. The molecule has 4 atom stereocenters. The van der Waals surface area contributed by atoms with E-state index >= 15 is 0 Å². The number of carboxylic acids is 1. The molecular formula is C21H36N4O8. The van der Waals surface area contributed by atoms with E-state index in [1.807, 2.05) is 0 Å². The van der Waals surface area contributed by atoms with Crippen LogP contribution < -0.4 is 16.4 Å². The van der Waals surface area contributed by atoms with Gasteiger partial charge in [0.1, 0.15) is 24.4 Å². The molecule has 188 valence electrons. The Morgan fingerprint density at radius 3 is 2.21 bits per heavy atom. The molecule has 1 saturated heterocycles. The van der Waals surface area contributed by atoms with Crippen molar-refractivity contribution in [1.29, 1.82) is 0 Å². The first-order chi connectivity index (χ1) is 15.4. The number of likely N-dealkylation sites (tertiary alicyclic amines) is 1. The van der Waals surface area contributed by atoms with Crippen LogP contribution in [-0.2, 0) is 33.5 Å². The maximum Gasteiger partial charge on any atom is 0.326 e. The van der Waals surface area contributed by atoms with Gasteiger partial charge in [-0.15, -0.1) is 0 Å². The highest BCUT2D eigenvalue weighted by Gasteiger charge is 2.38. The summed E-state index contributed by atoms with van der Waals surface area (Å²) in [4.78, 5) is 69.1. The van der Waals surface area contributed by atoms with Gasteiger partial charge in [-0.3, -0.25) is 19.2 Å². The van der Waals surface area contributed by atoms with Gasteiger partial charge in [0, 0.05) is 13.0 Å². The molecule has 0 spiro atoms. The Morgan fingerprint density at radius 1 is 1.15 bits per heavy atom. The molecule has 1 fully saturated rings. The van der Waals surface area contributed by atoms with Gasteiger partial charge in [-0.2, -0.15) is 0 Å². The largest absolute Gasteiger partial charge is 0.480 e. The Hall–Kier alpha value is -3.02. The van der Waals surface area contributed by atoms with E-state index in [4.69, 9.17) is 5.73 Å². The molecule has 0 bridgehead atoms. The second-order valence-corrected chi connectivity index (χ2v) is 8.06. The lowest BCUT2D eigenvalue weighted by molar-refractivity contribution is -0.145. The summed E-state index contributed by atoms with van der Waals surface area (Å²) in [7, 11) is 1.30. The first-order valence-electron chi connectivity index (χ1n) is 10.8. The highest BCUT2D eigenvalue weighted by atomic mass is 16.5. The SMILES string of the molecule is CC(C)[C@H](NC(=O)[C@@H]1CCCN1C(=O)[C@H](C)NC(=O)[C@H](C)N)C(=O)O.COC(=O)CCC=O. The molecule has 0 saturated carbocycles. The molecule has 0 aromatic carbocycles. The number of methoxy groups -OCH3 is 1. The van der Waals surface area contributed by atoms with Crippen molar-refractivity contribution < 1.29 is 38.6 Å². The number of nitrogens with zero attached hydrogens (tertiary/aromatic N) is 1. The third-order valence-corrected chi connectivity index (χ3v) is 4.91. The molecule has 1 heterocycles. The lowest BCUT2D eigenvalue weighted by Gasteiger charge is -2.29. The van der Waals surface area contributed by atoms with Crippen LogP contribution in [-0.4, -0.2) is 83.8 Å². The van der Waals surface area contributed by atoms with Crippen LogP contribution in [0.1, 0.15) is 53.4 Å². The zero-order chi connectivity index (χ0) is 25.7. The maximum absolute atomic E-state index is 12.5. The third-order valence-electron chi connectivity index (χ3n) is 4.91. The van der Waals surface area contributed by atoms with Gasteiger partial charge in [0.25, 0.3) is 0 Å². The van der Waals surface area contributed by atoms with Crippen molar-refractivity contribution in [2.75, 3.05) is 13.7 Å². The van der Waals surface area contributed by atoms with Gasteiger partial charge in [-0.25, -0.2) is 4.79 Å². The molecular weight excluding hydrogens is 436 g/mol. The van der Waals surface area contributed by atoms with E-state index in [2.05, 4.69) is 15.4 Å². The molecule has 1 rings (SSSR count). The van der Waals surface area contributed by atoms with Crippen LogP contribution in [0.4, 0.5) is 0 Å². The monoisotopic (exact) mass is 472 g/mol. The van der Waals surface area contributed by atoms with E-state index in [1.54, 1.807) is 13.8 Å². The highest BCUT2D eigenvalue weighted by molar-refractivity contribution is 5.94. The van der Waals surface area contributed by atoms with Gasteiger partial charge in [0.05, 0.1) is 19.6 Å². The number of rotatable bonds is 10. The second-order valence-electron chi connectivity index (χ2n) is 8.06. The van der Waals surface area contributed by atoms with Crippen LogP contribution in [0.2, 0.25) is 0 Å². The predicted octanol–water partition coefficient (Wildman–Crippen LogP) is -0.807. The molecule has 33 heavy (non-hydrogen) atoms. The first kappa shape index (κ1) is 30.0. The van der Waals surface area contributed by atoms with Crippen molar-refractivity contribution in [3.8, 4) is 0 Å². The minimum absolute atomic E-state index is 0.194. The standard InChI is InChI=1S/C16H28N4O5.C5H8O3/c1-8(2)12(16(24)25)19-14(22)11-6-5-7-20(11)15(23)10(4)18-13(21)9(3)17;1-8-5(7)3-2-4-6/h8-12H,5-7,17H2,1-4H3,(H,18,21)(H,19,22)(H,24,25);4H,2-3H2,1H3/t9-,10-,11-,12-;/m0./s1. The van der Waals surface area contributed by atoms with Crippen LogP contribution in [0.15, 0.2) is 0 Å². The van der Waals surface area contributed by atoms with E-state index in [9.17, 15) is 33.9 Å². The molecule has 1 aliphatic heterocycles. The van der Waals surface area contributed by atoms with Crippen molar-refractivity contribution in [2.24, 2.45) is 11.7 Å². The van der Waals surface area contributed by atoms with Crippen molar-refractivity contribution in [3.63, 3.8) is 0 Å². The van der Waals surface area contributed by atoms with Crippen LogP contribution in [0, 0.1) is 5.92 Å². The maximum atomic E-state index is 12.5. The van der Waals surface area contributed by atoms with E-state index in [1.165, 1.54) is 25.9 Å². The molecule has 3 amide bonds. The zero-order valence-electron chi connectivity index (χ0n) is 19.8. The molecule has 1 aliphatic rings. The number of carbonyl (C=O) groups is 6. The summed E-state index contributed by atoms with van der Waals surface area (Å²) in [6.45, 7) is 6.82. The molecule has 0 unspecified atom stereocenters. The second kappa shape index (κ2) is 14.9. The molecule has 5 N–H and O–H groups in total. The van der Waals surface area contributed by atoms with Gasteiger partial charge >= 0.3 is 11.9 Å². The number of nitrogens with one attached hydrogen (secondary N) is 2. The number of hydrogen-bond donors (Lipinski definition) is 4. The van der Waals surface area contributed by atoms with E-state index < -0.39 is 42.0 Å². The van der Waals surface area contributed by atoms with Crippen molar-refractivity contribution >= 4 is 35.9 Å². The van der Waals surface area contributed by atoms with E-state index in [-0.39, 0.29) is 30.6 Å². The Kier molecular flexibility index (Phi) is 13.6. The fourth-order valence-corrected chi connectivity index (χ4v) is 3.00. The summed E-state index contributed by atoms with van der Waals surface area (Å²) >= 11 is 0.